The zero-order chi connectivity index (χ0) is 22.0. The highest BCUT2D eigenvalue weighted by atomic mass is 35.5. The first-order valence-corrected chi connectivity index (χ1v) is 9.95. The molecule has 0 aliphatic rings. The van der Waals surface area contributed by atoms with Crippen molar-refractivity contribution in [2.45, 2.75) is 20.0 Å². The molecule has 0 bridgehead atoms. The number of hydrogen-bond acceptors (Lipinski definition) is 8. The first-order chi connectivity index (χ1) is 15.1. The number of halogens is 1. The Balaban J connectivity index is 2.12. The summed E-state index contributed by atoms with van der Waals surface area (Å²) in [5, 5.41) is 9.25. The average Bonchev–Trinajstić information content (AvgIpc) is 3.21. The molecular weight excluding hydrogens is 420 g/mol. The van der Waals surface area contributed by atoms with Crippen LogP contribution in [0.25, 0.3) is 28.1 Å². The van der Waals surface area contributed by atoms with Crippen LogP contribution in [0.2, 0.25) is 5.02 Å². The lowest BCUT2D eigenvalue weighted by Crippen LogP contribution is -2.09. The Labute approximate surface area is 184 Å². The molecule has 0 saturated carbocycles. The fourth-order valence-electron chi connectivity index (χ4n) is 3.36. The van der Waals surface area contributed by atoms with E-state index in [2.05, 4.69) is 25.1 Å². The van der Waals surface area contributed by atoms with E-state index >= 15 is 0 Å². The number of pyridine rings is 1. The summed E-state index contributed by atoms with van der Waals surface area (Å²) < 4.78 is 17.9. The number of methoxy groups -OCH3 is 3. The van der Waals surface area contributed by atoms with Crippen molar-refractivity contribution in [2.24, 2.45) is 0 Å². The molecule has 0 aliphatic heterocycles. The largest absolute Gasteiger partial charge is 0.477 e. The summed E-state index contributed by atoms with van der Waals surface area (Å²) in [6, 6.07) is 5.64. The molecule has 4 aromatic rings. The summed E-state index contributed by atoms with van der Waals surface area (Å²) in [5.74, 6) is 1.67. The highest BCUT2D eigenvalue weighted by Gasteiger charge is 2.24. The van der Waals surface area contributed by atoms with Gasteiger partial charge in [-0.2, -0.15) is 0 Å². The molecule has 0 spiro atoms. The summed E-state index contributed by atoms with van der Waals surface area (Å²) in [4.78, 5) is 13.5. The molecule has 3 heterocycles. The lowest BCUT2D eigenvalue weighted by atomic mass is 10.1. The smallest absolute Gasteiger partial charge is 0.278 e. The van der Waals surface area contributed by atoms with Crippen molar-refractivity contribution >= 4 is 22.6 Å². The van der Waals surface area contributed by atoms with E-state index in [1.807, 2.05) is 29.7 Å². The standard InChI is InChI=1S/C21H21ClN6O3/c1-5-12-9-14-17(25-21(31-4)20(24-14)30-3)18(16(12)22)28-15(11-29-2)26-27-19(28)13-7-6-8-23-10-13/h6-10H,5,11H2,1-4H3. The first-order valence-electron chi connectivity index (χ1n) is 9.58. The SMILES string of the molecule is CCc1cc2nc(OC)c(OC)nc2c(-n2c(COC)nnc2-c2cccnc2)c1Cl. The number of rotatable bonds is 7. The molecule has 0 atom stereocenters. The van der Waals surface area contributed by atoms with Crippen LogP contribution in [-0.4, -0.2) is 51.0 Å². The normalized spacial score (nSPS) is 11.1. The van der Waals surface area contributed by atoms with E-state index in [0.29, 0.717) is 45.7 Å². The Kier molecular flexibility index (Phi) is 5.97. The number of aryl methyl sites for hydroxylation is 1. The molecule has 10 heteroatoms. The van der Waals surface area contributed by atoms with Crippen molar-refractivity contribution < 1.29 is 14.2 Å². The van der Waals surface area contributed by atoms with Crippen LogP contribution in [0.15, 0.2) is 30.6 Å². The van der Waals surface area contributed by atoms with Crippen molar-refractivity contribution in [1.82, 2.24) is 29.7 Å². The van der Waals surface area contributed by atoms with Gasteiger partial charge in [0, 0.05) is 25.1 Å². The quantitative estimate of drug-likeness (QED) is 0.429. The van der Waals surface area contributed by atoms with Crippen LogP contribution in [-0.2, 0) is 17.8 Å². The summed E-state index contributed by atoms with van der Waals surface area (Å²) in [6.07, 6.45) is 4.11. The maximum Gasteiger partial charge on any atom is 0.278 e. The van der Waals surface area contributed by atoms with E-state index in [-0.39, 0.29) is 12.5 Å². The van der Waals surface area contributed by atoms with Gasteiger partial charge in [-0.05, 0) is 30.2 Å². The second-order valence-electron chi connectivity index (χ2n) is 6.61. The Morgan fingerprint density at radius 1 is 1.06 bits per heavy atom. The van der Waals surface area contributed by atoms with E-state index in [1.165, 1.54) is 14.2 Å². The van der Waals surface area contributed by atoms with Crippen molar-refractivity contribution in [1.29, 1.82) is 0 Å². The third-order valence-corrected chi connectivity index (χ3v) is 5.22. The van der Waals surface area contributed by atoms with Gasteiger partial charge in [0.25, 0.3) is 11.8 Å². The number of hydrogen-bond donors (Lipinski definition) is 0. The number of nitrogens with zero attached hydrogens (tertiary/aromatic N) is 6. The molecule has 0 amide bonds. The molecule has 0 unspecified atom stereocenters. The number of aromatic nitrogens is 6. The van der Waals surface area contributed by atoms with Gasteiger partial charge in [-0.3, -0.25) is 9.55 Å². The number of fused-ring (bicyclic) bond motifs is 1. The van der Waals surface area contributed by atoms with Crippen LogP contribution < -0.4 is 9.47 Å². The topological polar surface area (TPSA) is 97.1 Å². The second kappa shape index (κ2) is 8.83. The lowest BCUT2D eigenvalue weighted by Gasteiger charge is -2.17. The van der Waals surface area contributed by atoms with E-state index in [0.717, 1.165) is 11.1 Å². The molecule has 1 aromatic carbocycles. The Morgan fingerprint density at radius 2 is 1.84 bits per heavy atom. The minimum absolute atomic E-state index is 0.224. The Morgan fingerprint density at radius 3 is 2.48 bits per heavy atom. The van der Waals surface area contributed by atoms with E-state index in [9.17, 15) is 0 Å². The third-order valence-electron chi connectivity index (χ3n) is 4.80. The molecule has 4 rings (SSSR count). The van der Waals surface area contributed by atoms with Crippen LogP contribution >= 0.6 is 11.6 Å². The van der Waals surface area contributed by atoms with Gasteiger partial charge in [-0.25, -0.2) is 9.97 Å². The van der Waals surface area contributed by atoms with Gasteiger partial charge in [-0.15, -0.1) is 10.2 Å². The molecule has 9 nitrogen and oxygen atoms in total. The molecule has 0 saturated heterocycles. The second-order valence-corrected chi connectivity index (χ2v) is 6.99. The zero-order valence-electron chi connectivity index (χ0n) is 17.6. The summed E-state index contributed by atoms with van der Waals surface area (Å²) in [7, 11) is 4.63. The van der Waals surface area contributed by atoms with Crippen LogP contribution in [0.4, 0.5) is 0 Å². The van der Waals surface area contributed by atoms with Gasteiger partial charge < -0.3 is 14.2 Å². The van der Waals surface area contributed by atoms with E-state index in [1.54, 1.807) is 19.5 Å². The van der Waals surface area contributed by atoms with Gasteiger partial charge in [0.05, 0.1) is 30.4 Å². The average molecular weight is 441 g/mol. The molecule has 0 fully saturated rings. The van der Waals surface area contributed by atoms with Crippen molar-refractivity contribution in [3.05, 3.63) is 47.0 Å². The Hall–Kier alpha value is -3.30. The van der Waals surface area contributed by atoms with Gasteiger partial charge in [0.1, 0.15) is 12.1 Å². The fraction of sp³-hybridized carbons (Fsp3) is 0.286. The fourth-order valence-corrected chi connectivity index (χ4v) is 3.72. The van der Waals surface area contributed by atoms with Gasteiger partial charge >= 0.3 is 0 Å². The van der Waals surface area contributed by atoms with Gasteiger partial charge in [-0.1, -0.05) is 18.5 Å². The van der Waals surface area contributed by atoms with E-state index < -0.39 is 0 Å². The summed E-state index contributed by atoms with van der Waals surface area (Å²) in [6.45, 7) is 2.25. The van der Waals surface area contributed by atoms with Gasteiger partial charge in [0.2, 0.25) is 0 Å². The minimum Gasteiger partial charge on any atom is -0.477 e. The molecular formula is C21H21ClN6O3. The minimum atomic E-state index is 0.224. The zero-order valence-corrected chi connectivity index (χ0v) is 18.3. The highest BCUT2D eigenvalue weighted by Crippen LogP contribution is 2.37. The maximum atomic E-state index is 6.91. The molecule has 0 aliphatic carbocycles. The van der Waals surface area contributed by atoms with Crippen molar-refractivity contribution in [2.75, 3.05) is 21.3 Å². The molecule has 3 aromatic heterocycles. The molecule has 31 heavy (non-hydrogen) atoms. The van der Waals surface area contributed by atoms with Crippen molar-refractivity contribution in [3.8, 4) is 28.8 Å². The first kappa shape index (κ1) is 21.0. The lowest BCUT2D eigenvalue weighted by molar-refractivity contribution is 0.176. The van der Waals surface area contributed by atoms with Crippen LogP contribution in [0.5, 0.6) is 11.8 Å². The third kappa shape index (κ3) is 3.66. The molecule has 160 valence electrons. The summed E-state index contributed by atoms with van der Waals surface area (Å²) >= 11 is 6.91. The maximum absolute atomic E-state index is 6.91. The van der Waals surface area contributed by atoms with Gasteiger partial charge in [0.15, 0.2) is 11.6 Å². The van der Waals surface area contributed by atoms with Crippen LogP contribution in [0, 0.1) is 0 Å². The summed E-state index contributed by atoms with van der Waals surface area (Å²) in [5.41, 5.74) is 3.42. The monoisotopic (exact) mass is 440 g/mol. The predicted molar refractivity (Wildman–Crippen MR) is 116 cm³/mol. The van der Waals surface area contributed by atoms with Crippen LogP contribution in [0.3, 0.4) is 0 Å². The number of ether oxygens (including phenoxy) is 3. The predicted octanol–water partition coefficient (Wildman–Crippen LogP) is 3.65. The molecule has 0 N–H and O–H groups in total. The highest BCUT2D eigenvalue weighted by molar-refractivity contribution is 6.34. The number of benzene rings is 1. The Bertz CT molecular complexity index is 1230. The van der Waals surface area contributed by atoms with Crippen LogP contribution in [0.1, 0.15) is 18.3 Å². The van der Waals surface area contributed by atoms with E-state index in [4.69, 9.17) is 25.8 Å². The molecule has 0 radical (unpaired) electrons. The van der Waals surface area contributed by atoms with Crippen molar-refractivity contribution in [3.63, 3.8) is 0 Å².